The van der Waals surface area contributed by atoms with Crippen LogP contribution in [0, 0.1) is 0 Å². The SMILES string of the molecule is CC(C)(C)c1ccc(N(c2ccc3c(c2)N(c2ccc(C(C)(C)C)cc2)c2cccc4c2B3c2sc3cc5c(cc3c2N4c2ccc3c(c2)C(C)(C)CC3(C)C)-c2ccccc2C5(C)C)c2ccc(C(C)(C)C)cc2-c2ccccc2)cc1. The molecule has 3 heterocycles. The molecule has 10 aromatic rings. The summed E-state index contributed by atoms with van der Waals surface area (Å²) in [5.41, 5.74) is 28.1. The minimum atomic E-state index is -0.123. The number of nitrogens with zero attached hydrogens (tertiary/aromatic N) is 3. The Morgan fingerprint density at radius 3 is 1.73 bits per heavy atom. The molecule has 0 amide bonds. The third-order valence-corrected chi connectivity index (χ3v) is 20.5. The van der Waals surface area contributed by atoms with Crippen LogP contribution in [0.4, 0.5) is 51.2 Å². The Hall–Kier alpha value is -7.60. The average molecular weight is 1100 g/mol. The normalized spacial score (nSPS) is 16.1. The largest absolute Gasteiger partial charge is 0.311 e. The van der Waals surface area contributed by atoms with Gasteiger partial charge in [-0.3, -0.25) is 0 Å². The van der Waals surface area contributed by atoms with Crippen molar-refractivity contribution in [3.8, 4) is 22.3 Å². The Morgan fingerprint density at radius 1 is 0.446 bits per heavy atom. The van der Waals surface area contributed by atoms with Gasteiger partial charge in [0.1, 0.15) is 0 Å². The molecular formula is C78H78BN3S. The summed E-state index contributed by atoms with van der Waals surface area (Å²) in [4.78, 5) is 7.81. The van der Waals surface area contributed by atoms with Crippen molar-refractivity contribution in [1.29, 1.82) is 0 Å². The highest BCUT2D eigenvalue weighted by Crippen LogP contribution is 2.56. The molecule has 0 fully saturated rings. The predicted octanol–water partition coefficient (Wildman–Crippen LogP) is 20.3. The van der Waals surface area contributed by atoms with E-state index in [-0.39, 0.29) is 39.2 Å². The van der Waals surface area contributed by atoms with Gasteiger partial charge in [-0.25, -0.2) is 0 Å². The summed E-state index contributed by atoms with van der Waals surface area (Å²) in [5.74, 6) is 0. The Morgan fingerprint density at radius 2 is 1.05 bits per heavy atom. The molecule has 2 aliphatic heterocycles. The van der Waals surface area contributed by atoms with Gasteiger partial charge in [0, 0.05) is 65.7 Å². The second-order valence-electron chi connectivity index (χ2n) is 29.4. The highest BCUT2D eigenvalue weighted by molar-refractivity contribution is 7.33. The van der Waals surface area contributed by atoms with Crippen LogP contribution in [0.25, 0.3) is 32.3 Å². The molecule has 83 heavy (non-hydrogen) atoms. The minimum Gasteiger partial charge on any atom is -0.311 e. The zero-order valence-electron chi connectivity index (χ0n) is 51.4. The predicted molar refractivity (Wildman–Crippen MR) is 360 cm³/mol. The van der Waals surface area contributed by atoms with Crippen molar-refractivity contribution in [3.63, 3.8) is 0 Å². The van der Waals surface area contributed by atoms with Crippen molar-refractivity contribution in [2.45, 2.75) is 143 Å². The molecule has 5 heteroatoms. The number of hydrogen-bond acceptors (Lipinski definition) is 4. The summed E-state index contributed by atoms with van der Waals surface area (Å²) < 4.78 is 2.73. The first-order chi connectivity index (χ1) is 39.3. The lowest BCUT2D eigenvalue weighted by Gasteiger charge is -2.43. The number of benzene rings is 9. The van der Waals surface area contributed by atoms with E-state index in [1.165, 1.54) is 115 Å². The second-order valence-corrected chi connectivity index (χ2v) is 30.5. The number of anilines is 9. The molecule has 2 aliphatic carbocycles. The second kappa shape index (κ2) is 18.2. The van der Waals surface area contributed by atoms with Crippen molar-refractivity contribution >= 4 is 95.0 Å². The molecule has 0 N–H and O–H groups in total. The summed E-state index contributed by atoms with van der Waals surface area (Å²) in [7, 11) is 0. The maximum absolute atomic E-state index is 2.68. The molecule has 414 valence electrons. The van der Waals surface area contributed by atoms with Crippen LogP contribution in [0.3, 0.4) is 0 Å². The van der Waals surface area contributed by atoms with Gasteiger partial charge in [-0.2, -0.15) is 0 Å². The fourth-order valence-corrected chi connectivity index (χ4v) is 16.4. The number of hydrogen-bond donors (Lipinski definition) is 0. The van der Waals surface area contributed by atoms with Gasteiger partial charge in [-0.05, 0) is 185 Å². The van der Waals surface area contributed by atoms with Gasteiger partial charge in [0.25, 0.3) is 6.71 Å². The molecule has 1 aromatic heterocycles. The van der Waals surface area contributed by atoms with Gasteiger partial charge in [-0.1, -0.05) is 207 Å². The van der Waals surface area contributed by atoms with Crippen LogP contribution >= 0.6 is 11.3 Å². The lowest BCUT2D eigenvalue weighted by molar-refractivity contribution is 0.403. The van der Waals surface area contributed by atoms with Crippen LogP contribution in [0.5, 0.6) is 0 Å². The fourth-order valence-electron chi connectivity index (χ4n) is 15.1. The summed E-state index contributed by atoms with van der Waals surface area (Å²) >= 11 is 2.01. The van der Waals surface area contributed by atoms with Crippen LogP contribution < -0.4 is 30.4 Å². The van der Waals surface area contributed by atoms with Crippen LogP contribution in [0.2, 0.25) is 0 Å². The summed E-state index contributed by atoms with van der Waals surface area (Å²) in [6, 6.07) is 73.3. The minimum absolute atomic E-state index is 0.000231. The molecule has 0 bridgehead atoms. The summed E-state index contributed by atoms with van der Waals surface area (Å²) in [6.45, 7) is 35.4. The Labute approximate surface area is 498 Å². The van der Waals surface area contributed by atoms with E-state index >= 15 is 0 Å². The molecular weight excluding hydrogens is 1020 g/mol. The van der Waals surface area contributed by atoms with Crippen LogP contribution in [0.1, 0.15) is 149 Å². The quantitative estimate of drug-likeness (QED) is 0.154. The number of rotatable bonds is 6. The molecule has 0 saturated carbocycles. The lowest BCUT2D eigenvalue weighted by atomic mass is 9.36. The van der Waals surface area contributed by atoms with Crippen LogP contribution in [-0.4, -0.2) is 6.71 Å². The Balaban J connectivity index is 1.06. The molecule has 4 aliphatic rings. The third-order valence-electron chi connectivity index (χ3n) is 19.3. The first-order valence-electron chi connectivity index (χ1n) is 30.2. The molecule has 9 aromatic carbocycles. The van der Waals surface area contributed by atoms with Crippen molar-refractivity contribution < 1.29 is 0 Å². The van der Waals surface area contributed by atoms with E-state index < -0.39 is 0 Å². The van der Waals surface area contributed by atoms with E-state index in [4.69, 9.17) is 0 Å². The van der Waals surface area contributed by atoms with E-state index in [0.717, 1.165) is 29.2 Å². The monoisotopic (exact) mass is 1100 g/mol. The van der Waals surface area contributed by atoms with Crippen LogP contribution in [-0.2, 0) is 32.5 Å². The van der Waals surface area contributed by atoms with E-state index in [1.807, 2.05) is 11.3 Å². The first-order valence-corrected chi connectivity index (χ1v) is 31.1. The Bertz CT molecular complexity index is 4270. The van der Waals surface area contributed by atoms with Crippen molar-refractivity contribution in [2.24, 2.45) is 0 Å². The molecule has 0 radical (unpaired) electrons. The number of fused-ring (bicyclic) bond motifs is 10. The lowest BCUT2D eigenvalue weighted by Crippen LogP contribution is -2.60. The molecule has 0 unspecified atom stereocenters. The molecule has 0 spiro atoms. The molecule has 0 atom stereocenters. The van der Waals surface area contributed by atoms with Gasteiger partial charge >= 0.3 is 0 Å². The van der Waals surface area contributed by atoms with Gasteiger partial charge in [0.2, 0.25) is 0 Å². The maximum atomic E-state index is 2.68. The highest BCUT2D eigenvalue weighted by Gasteiger charge is 2.48. The van der Waals surface area contributed by atoms with Crippen molar-refractivity contribution in [1.82, 2.24) is 0 Å². The zero-order valence-corrected chi connectivity index (χ0v) is 52.2. The van der Waals surface area contributed by atoms with Gasteiger partial charge in [0.15, 0.2) is 0 Å². The van der Waals surface area contributed by atoms with Crippen LogP contribution in [0.15, 0.2) is 188 Å². The smallest absolute Gasteiger partial charge is 0.264 e. The summed E-state index contributed by atoms with van der Waals surface area (Å²) in [5, 5.41) is 1.32. The average Bonchev–Trinajstić information content (AvgIpc) is 1.95. The van der Waals surface area contributed by atoms with Gasteiger partial charge in [0.05, 0.1) is 11.4 Å². The fraction of sp³-hybridized carbons (Fsp3) is 0.282. The Kier molecular flexibility index (Phi) is 11.7. The van der Waals surface area contributed by atoms with E-state index in [2.05, 4.69) is 307 Å². The third kappa shape index (κ3) is 8.33. The number of thiophene rings is 1. The first kappa shape index (κ1) is 53.4. The van der Waals surface area contributed by atoms with E-state index in [9.17, 15) is 0 Å². The van der Waals surface area contributed by atoms with E-state index in [0.29, 0.717) is 0 Å². The summed E-state index contributed by atoms with van der Waals surface area (Å²) in [6.07, 6.45) is 1.12. The molecule has 3 nitrogen and oxygen atoms in total. The van der Waals surface area contributed by atoms with Crippen molar-refractivity contribution in [2.75, 3.05) is 14.7 Å². The van der Waals surface area contributed by atoms with Gasteiger partial charge < -0.3 is 14.7 Å². The standard InChI is InChI=1S/C78H78BN3S/c1-73(2,3)49-28-33-52(34-29-49)80(65-41-32-51(75(7,8)9)42-57(65)48-22-17-16-18-23-48)55-38-40-64-68(44-55)81(53-35-30-50(31-36-53)74(4,5)6)66-26-21-27-67-70(66)79(64)72-71(82(67)54-37-39-61-63(43-54)77(12,13)47-76(61,10)11)59-45-58-56-24-19-20-25-60(56)78(14,15)62(58)46-69(59)83-72/h16-46H,47H2,1-15H3. The highest BCUT2D eigenvalue weighted by atomic mass is 32.1. The van der Waals surface area contributed by atoms with Gasteiger partial charge in [-0.15, -0.1) is 11.3 Å². The molecule has 0 saturated heterocycles. The maximum Gasteiger partial charge on any atom is 0.264 e. The molecule has 14 rings (SSSR count). The topological polar surface area (TPSA) is 9.72 Å². The zero-order chi connectivity index (χ0) is 58.1. The van der Waals surface area contributed by atoms with E-state index in [1.54, 1.807) is 0 Å². The van der Waals surface area contributed by atoms with Crippen molar-refractivity contribution in [3.05, 3.63) is 227 Å².